The molecule has 0 unspecified atom stereocenters. The Kier molecular flexibility index (Phi) is 4.97. The van der Waals surface area contributed by atoms with Crippen molar-refractivity contribution < 1.29 is 19.2 Å². The van der Waals surface area contributed by atoms with E-state index < -0.39 is 10.8 Å². The first-order valence-electron chi connectivity index (χ1n) is 16.9. The van der Waals surface area contributed by atoms with Crippen LogP contribution in [0.15, 0.2) is 0 Å². The zero-order chi connectivity index (χ0) is 27.1. The second-order valence-electron chi connectivity index (χ2n) is 17.5. The molecule has 0 aromatic heterocycles. The Labute approximate surface area is 237 Å². The van der Waals surface area contributed by atoms with Crippen LogP contribution in [-0.2, 0) is 19.2 Å². The minimum Gasteiger partial charge on any atom is -0.295 e. The fourth-order valence-corrected chi connectivity index (χ4v) is 14.3. The maximum absolute atomic E-state index is 14.1. The highest BCUT2D eigenvalue weighted by Gasteiger charge is 2.65. The molecule has 0 spiro atoms. The molecule has 40 heavy (non-hydrogen) atoms. The molecule has 12 rings (SSSR count). The van der Waals surface area contributed by atoms with Gasteiger partial charge in [0.2, 0.25) is 23.6 Å². The zero-order valence-corrected chi connectivity index (χ0v) is 24.0. The molecule has 2 N–H and O–H groups in total. The number of rotatable bonds is 4. The highest BCUT2D eigenvalue weighted by molar-refractivity contribution is 6.03. The van der Waals surface area contributed by atoms with Crippen LogP contribution in [0.5, 0.6) is 0 Å². The summed E-state index contributed by atoms with van der Waals surface area (Å²) in [7, 11) is 0. The molecule has 12 fully saturated rings. The maximum atomic E-state index is 14.1. The number of amides is 4. The van der Waals surface area contributed by atoms with Gasteiger partial charge in [-0.1, -0.05) is 0 Å². The SMILES string of the molecule is O=C(NC(=O)C12CC3CC(C1)CC(C(=O)NC(=O)C14CC5CC(CC(C5)C1)C4)(C3)C2)C12CC3CC(CC(C3)C1)C2. The smallest absolute Gasteiger partial charge is 0.232 e. The lowest BCUT2D eigenvalue weighted by Crippen LogP contribution is -2.64. The monoisotopic (exact) mass is 546 g/mol. The largest absolute Gasteiger partial charge is 0.295 e. The number of carbonyl (C=O) groups is 4. The molecule has 216 valence electrons. The van der Waals surface area contributed by atoms with Gasteiger partial charge in [-0.3, -0.25) is 29.8 Å². The minimum absolute atomic E-state index is 0.0113. The lowest BCUT2D eigenvalue weighted by Gasteiger charge is -2.61. The Morgan fingerprint density at radius 1 is 0.350 bits per heavy atom. The molecule has 0 atom stereocenters. The first-order chi connectivity index (χ1) is 19.1. The molecule has 0 heterocycles. The summed E-state index contributed by atoms with van der Waals surface area (Å²) in [4.78, 5) is 55.8. The zero-order valence-electron chi connectivity index (χ0n) is 24.0. The van der Waals surface area contributed by atoms with E-state index in [-0.39, 0.29) is 34.5 Å². The second kappa shape index (κ2) is 8.01. The Hall–Kier alpha value is -1.72. The summed E-state index contributed by atoms with van der Waals surface area (Å²) in [6.45, 7) is 0. The van der Waals surface area contributed by atoms with Crippen molar-refractivity contribution in [1.82, 2.24) is 10.6 Å². The molecule has 12 saturated carbocycles. The predicted molar refractivity (Wildman–Crippen MR) is 147 cm³/mol. The molecular formula is C34H46N2O4. The molecule has 0 aromatic carbocycles. The lowest BCUT2D eigenvalue weighted by atomic mass is 9.43. The van der Waals surface area contributed by atoms with Crippen molar-refractivity contribution in [3.05, 3.63) is 0 Å². The van der Waals surface area contributed by atoms with Crippen molar-refractivity contribution in [3.63, 3.8) is 0 Å². The van der Waals surface area contributed by atoms with Gasteiger partial charge in [0.1, 0.15) is 0 Å². The summed E-state index contributed by atoms with van der Waals surface area (Å²) in [5.74, 6) is 4.38. The van der Waals surface area contributed by atoms with E-state index in [1.165, 1.54) is 38.5 Å². The molecule has 0 saturated heterocycles. The molecule has 12 aliphatic carbocycles. The fraction of sp³-hybridized carbons (Fsp3) is 0.882. The van der Waals surface area contributed by atoms with E-state index in [2.05, 4.69) is 10.6 Å². The molecule has 6 nitrogen and oxygen atoms in total. The van der Waals surface area contributed by atoms with Crippen molar-refractivity contribution in [2.24, 2.45) is 69.0 Å². The molecule has 6 heteroatoms. The van der Waals surface area contributed by atoms with Gasteiger partial charge in [0, 0.05) is 0 Å². The summed E-state index contributed by atoms with van der Waals surface area (Å²) in [6, 6.07) is 0. The Morgan fingerprint density at radius 2 is 0.575 bits per heavy atom. The van der Waals surface area contributed by atoms with Gasteiger partial charge in [-0.15, -0.1) is 0 Å². The standard InChI is InChI=1S/C34H46N2O4/c37-27(31-8-19-1-20(9-31)3-21(2-19)10-31)35-29(39)33-14-25-7-26(15-33)17-34(16-25,18-33)30(40)36-28(38)32-11-22-4-23(12-32)6-24(5-22)13-32/h19-26H,1-18H2,(H,35,37,39)(H,36,38,40). The van der Waals surface area contributed by atoms with E-state index in [4.69, 9.17) is 0 Å². The van der Waals surface area contributed by atoms with Gasteiger partial charge in [-0.05, 0) is 163 Å². The quantitative estimate of drug-likeness (QED) is 0.469. The predicted octanol–water partition coefficient (Wildman–Crippen LogP) is 5.29. The molecular weight excluding hydrogens is 500 g/mol. The topological polar surface area (TPSA) is 92.3 Å². The molecule has 12 bridgehead atoms. The molecule has 0 aliphatic heterocycles. The van der Waals surface area contributed by atoms with Gasteiger partial charge in [-0.25, -0.2) is 0 Å². The second-order valence-corrected chi connectivity index (χ2v) is 17.5. The van der Waals surface area contributed by atoms with Gasteiger partial charge in [0.15, 0.2) is 0 Å². The average Bonchev–Trinajstić information content (AvgIpc) is 2.86. The molecule has 0 radical (unpaired) electrons. The molecule has 12 aliphatic rings. The van der Waals surface area contributed by atoms with Gasteiger partial charge in [-0.2, -0.15) is 0 Å². The Morgan fingerprint density at radius 3 is 0.875 bits per heavy atom. The number of hydrogen-bond acceptors (Lipinski definition) is 4. The maximum Gasteiger partial charge on any atom is 0.232 e. The van der Waals surface area contributed by atoms with Crippen LogP contribution < -0.4 is 10.6 Å². The molecule has 4 amide bonds. The van der Waals surface area contributed by atoms with Crippen molar-refractivity contribution in [2.45, 2.75) is 116 Å². The van der Waals surface area contributed by atoms with Crippen LogP contribution in [-0.4, -0.2) is 23.6 Å². The van der Waals surface area contributed by atoms with Crippen molar-refractivity contribution in [3.8, 4) is 0 Å². The van der Waals surface area contributed by atoms with Gasteiger partial charge < -0.3 is 0 Å². The highest BCUT2D eigenvalue weighted by Crippen LogP contribution is 2.66. The number of imide groups is 2. The van der Waals surface area contributed by atoms with E-state index in [1.807, 2.05) is 0 Å². The van der Waals surface area contributed by atoms with E-state index in [0.717, 1.165) is 70.6 Å². The van der Waals surface area contributed by atoms with E-state index >= 15 is 0 Å². The summed E-state index contributed by atoms with van der Waals surface area (Å²) >= 11 is 0. The van der Waals surface area contributed by atoms with E-state index in [1.54, 1.807) is 0 Å². The van der Waals surface area contributed by atoms with E-state index in [9.17, 15) is 19.2 Å². The Bertz CT molecular complexity index is 1030. The normalized spacial score (nSPS) is 54.0. The van der Waals surface area contributed by atoms with Crippen molar-refractivity contribution >= 4 is 23.6 Å². The molecule has 0 aromatic rings. The van der Waals surface area contributed by atoms with E-state index in [0.29, 0.717) is 53.8 Å². The summed E-state index contributed by atoms with van der Waals surface area (Å²) in [5.41, 5.74) is -1.95. The third-order valence-electron chi connectivity index (χ3n) is 14.5. The third kappa shape index (κ3) is 3.46. The number of carbonyl (C=O) groups excluding carboxylic acids is 4. The fourth-order valence-electron chi connectivity index (χ4n) is 14.3. The number of hydrogen-bond donors (Lipinski definition) is 2. The first-order valence-corrected chi connectivity index (χ1v) is 16.9. The van der Waals surface area contributed by atoms with Gasteiger partial charge in [0.05, 0.1) is 21.7 Å². The summed E-state index contributed by atoms with van der Waals surface area (Å²) < 4.78 is 0. The van der Waals surface area contributed by atoms with Crippen LogP contribution in [0.25, 0.3) is 0 Å². The lowest BCUT2D eigenvalue weighted by molar-refractivity contribution is -0.172. The summed E-state index contributed by atoms with van der Waals surface area (Å²) in [5, 5.41) is 6.01. The van der Waals surface area contributed by atoms with Crippen LogP contribution >= 0.6 is 0 Å². The number of nitrogens with one attached hydrogen (secondary N) is 2. The summed E-state index contributed by atoms with van der Waals surface area (Å²) in [6.07, 6.45) is 18.1. The highest BCUT2D eigenvalue weighted by atomic mass is 16.2. The van der Waals surface area contributed by atoms with Crippen molar-refractivity contribution in [1.29, 1.82) is 0 Å². The van der Waals surface area contributed by atoms with Crippen LogP contribution in [0.3, 0.4) is 0 Å². The Balaban J connectivity index is 0.935. The average molecular weight is 547 g/mol. The van der Waals surface area contributed by atoms with Crippen LogP contribution in [0.1, 0.15) is 116 Å². The van der Waals surface area contributed by atoms with Crippen molar-refractivity contribution in [2.75, 3.05) is 0 Å². The van der Waals surface area contributed by atoms with Gasteiger partial charge >= 0.3 is 0 Å². The van der Waals surface area contributed by atoms with Crippen LogP contribution in [0.4, 0.5) is 0 Å². The van der Waals surface area contributed by atoms with Crippen LogP contribution in [0.2, 0.25) is 0 Å². The third-order valence-corrected chi connectivity index (χ3v) is 14.5. The minimum atomic E-state index is -0.636. The van der Waals surface area contributed by atoms with Crippen LogP contribution in [0, 0.1) is 69.0 Å². The first kappa shape index (κ1) is 24.8. The van der Waals surface area contributed by atoms with Gasteiger partial charge in [0.25, 0.3) is 0 Å².